The summed E-state index contributed by atoms with van der Waals surface area (Å²) in [4.78, 5) is 38.5. The Bertz CT molecular complexity index is 1580. The summed E-state index contributed by atoms with van der Waals surface area (Å²) >= 11 is 6.27. The summed E-state index contributed by atoms with van der Waals surface area (Å²) in [6.07, 6.45) is 6.28. The quantitative estimate of drug-likeness (QED) is 0.315. The molecule has 6 rings (SSSR count). The first kappa shape index (κ1) is 33.1. The zero-order chi connectivity index (χ0) is 33.2. The van der Waals surface area contributed by atoms with Crippen LogP contribution in [-0.2, 0) is 16.0 Å². The van der Waals surface area contributed by atoms with Crippen molar-refractivity contribution in [1.82, 2.24) is 14.8 Å². The smallest absolute Gasteiger partial charge is 0.239 e. The summed E-state index contributed by atoms with van der Waals surface area (Å²) in [7, 11) is 3.70. The normalized spacial score (nSPS) is 21.7. The van der Waals surface area contributed by atoms with Gasteiger partial charge in [0.2, 0.25) is 11.8 Å². The molecule has 1 N–H and O–H groups in total. The van der Waals surface area contributed by atoms with E-state index in [2.05, 4.69) is 16.8 Å². The summed E-state index contributed by atoms with van der Waals surface area (Å²) in [5, 5.41) is 10.0. The molecule has 1 atom stereocenters. The fraction of sp³-hybridized carbons (Fsp3) is 0.472. The first-order valence-electron chi connectivity index (χ1n) is 16.4. The zero-order valence-electron chi connectivity index (χ0n) is 27.6. The number of fused-ring (bicyclic) bond motifs is 1. The average molecular weight is 662 g/mol. The highest BCUT2D eigenvalue weighted by Gasteiger charge is 2.37. The first-order valence-corrected chi connectivity index (χ1v) is 16.8. The number of rotatable bonds is 10. The molecule has 250 valence electrons. The number of hydrogen-bond acceptors (Lipinski definition) is 8. The summed E-state index contributed by atoms with van der Waals surface area (Å²) in [6.45, 7) is 5.56. The highest BCUT2D eigenvalue weighted by molar-refractivity contribution is 6.30. The van der Waals surface area contributed by atoms with Crippen molar-refractivity contribution in [3.63, 3.8) is 0 Å². The number of pyridine rings is 1. The number of carbonyl (C=O) groups excluding carboxylic acids is 2. The maximum atomic E-state index is 13.9. The Hall–Kier alpha value is -3.86. The molecule has 2 fully saturated rings. The number of anilines is 2. The van der Waals surface area contributed by atoms with Crippen LogP contribution >= 0.6 is 11.6 Å². The van der Waals surface area contributed by atoms with Crippen LogP contribution in [0.15, 0.2) is 54.7 Å². The molecule has 1 saturated carbocycles. The Kier molecular flexibility index (Phi) is 9.91. The Morgan fingerprint density at radius 1 is 1.02 bits per heavy atom. The first-order chi connectivity index (χ1) is 22.6. The molecule has 10 nitrogen and oxygen atoms in total. The Balaban J connectivity index is 1.19. The zero-order valence-corrected chi connectivity index (χ0v) is 28.3. The molecule has 3 aliphatic rings. The van der Waals surface area contributed by atoms with E-state index in [0.717, 1.165) is 54.6 Å². The minimum atomic E-state index is -0.425. The second-order valence-electron chi connectivity index (χ2n) is 13.2. The number of hydrogen-bond donors (Lipinski definition) is 1. The van der Waals surface area contributed by atoms with Crippen LogP contribution in [0, 0.1) is 5.92 Å². The van der Waals surface area contributed by atoms with Crippen LogP contribution in [0.25, 0.3) is 0 Å². The number of halogens is 1. The van der Waals surface area contributed by atoms with E-state index in [1.54, 1.807) is 12.0 Å². The molecule has 1 aliphatic carbocycles. The maximum absolute atomic E-state index is 13.9. The minimum absolute atomic E-state index is 0.00498. The molecule has 2 aliphatic heterocycles. The van der Waals surface area contributed by atoms with Crippen molar-refractivity contribution in [3.05, 3.63) is 76.4 Å². The van der Waals surface area contributed by atoms with Crippen molar-refractivity contribution in [3.8, 4) is 11.5 Å². The number of amides is 2. The van der Waals surface area contributed by atoms with Gasteiger partial charge in [0.1, 0.15) is 12.5 Å². The average Bonchev–Trinajstić information content (AvgIpc) is 3.45. The highest BCUT2D eigenvalue weighted by atomic mass is 35.5. The molecule has 3 heterocycles. The fourth-order valence-corrected chi connectivity index (χ4v) is 7.34. The molecule has 2 aromatic carbocycles. The molecular formula is C36H44ClN5O5. The van der Waals surface area contributed by atoms with Crippen LogP contribution in [0.1, 0.15) is 62.3 Å². The predicted octanol–water partition coefficient (Wildman–Crippen LogP) is 5.26. The molecule has 2 amide bonds. The third-order valence-corrected chi connectivity index (χ3v) is 9.89. The van der Waals surface area contributed by atoms with Crippen LogP contribution in [0.2, 0.25) is 5.02 Å². The lowest BCUT2D eigenvalue weighted by Gasteiger charge is -2.38. The third kappa shape index (κ3) is 7.05. The number of benzene rings is 2. The SMILES string of the molecule is COc1cc2c(cc1OC(C)C)[C@H](c1ccc(Cl)cc1)N(c1ccc(N(C)CC3CCC(N4CC(=O)N(CO)C4)CC3)cn1)C(=O)C2. The molecule has 0 radical (unpaired) electrons. The molecular weight excluding hydrogens is 618 g/mol. The van der Waals surface area contributed by atoms with Gasteiger partial charge < -0.3 is 24.4 Å². The van der Waals surface area contributed by atoms with Crippen LogP contribution in [0.5, 0.6) is 11.5 Å². The van der Waals surface area contributed by atoms with Gasteiger partial charge in [-0.3, -0.25) is 19.4 Å². The second kappa shape index (κ2) is 14.1. The number of methoxy groups -OCH3 is 1. The number of aliphatic hydroxyl groups excluding tert-OH is 1. The number of carbonyl (C=O) groups is 2. The Labute approximate surface area is 281 Å². The Morgan fingerprint density at radius 2 is 1.77 bits per heavy atom. The summed E-state index contributed by atoms with van der Waals surface area (Å²) in [6, 6.07) is 15.4. The summed E-state index contributed by atoms with van der Waals surface area (Å²) in [5.41, 5.74) is 3.77. The minimum Gasteiger partial charge on any atom is -0.493 e. The van der Waals surface area contributed by atoms with Crippen LogP contribution in [-0.4, -0.2) is 84.5 Å². The maximum Gasteiger partial charge on any atom is 0.239 e. The van der Waals surface area contributed by atoms with E-state index in [-0.39, 0.29) is 31.1 Å². The van der Waals surface area contributed by atoms with Crippen molar-refractivity contribution in [1.29, 1.82) is 0 Å². The molecule has 0 bridgehead atoms. The van der Waals surface area contributed by atoms with Crippen LogP contribution < -0.4 is 19.3 Å². The van der Waals surface area contributed by atoms with Crippen molar-refractivity contribution in [2.75, 3.05) is 50.4 Å². The number of aliphatic hydroxyl groups is 1. The van der Waals surface area contributed by atoms with Crippen molar-refractivity contribution in [2.24, 2.45) is 5.92 Å². The van der Waals surface area contributed by atoms with Gasteiger partial charge in [-0.2, -0.15) is 0 Å². The number of nitrogens with zero attached hydrogens (tertiary/aromatic N) is 5. The molecule has 0 unspecified atom stereocenters. The van der Waals surface area contributed by atoms with Crippen molar-refractivity contribution < 1.29 is 24.2 Å². The third-order valence-electron chi connectivity index (χ3n) is 9.64. The van der Waals surface area contributed by atoms with Gasteiger partial charge in [0, 0.05) is 24.7 Å². The lowest BCUT2D eigenvalue weighted by molar-refractivity contribution is -0.129. The van der Waals surface area contributed by atoms with E-state index in [4.69, 9.17) is 26.1 Å². The lowest BCUT2D eigenvalue weighted by Crippen LogP contribution is -2.41. The number of aromatic nitrogens is 1. The fourth-order valence-electron chi connectivity index (χ4n) is 7.22. The van der Waals surface area contributed by atoms with E-state index >= 15 is 0 Å². The Morgan fingerprint density at radius 3 is 2.38 bits per heavy atom. The molecule has 1 aromatic heterocycles. The number of ether oxygens (including phenoxy) is 2. The highest BCUT2D eigenvalue weighted by Crippen LogP contribution is 2.43. The van der Waals surface area contributed by atoms with Gasteiger partial charge >= 0.3 is 0 Å². The van der Waals surface area contributed by atoms with E-state index in [1.165, 1.54) is 4.90 Å². The summed E-state index contributed by atoms with van der Waals surface area (Å²) < 4.78 is 11.8. The van der Waals surface area contributed by atoms with Gasteiger partial charge in [-0.05, 0) is 98.5 Å². The van der Waals surface area contributed by atoms with E-state index in [0.29, 0.717) is 47.5 Å². The van der Waals surface area contributed by atoms with Crippen LogP contribution in [0.4, 0.5) is 11.5 Å². The van der Waals surface area contributed by atoms with Gasteiger partial charge in [0.25, 0.3) is 0 Å². The predicted molar refractivity (Wildman–Crippen MR) is 182 cm³/mol. The second-order valence-corrected chi connectivity index (χ2v) is 13.6. The molecule has 0 spiro atoms. The molecule has 1 saturated heterocycles. The molecule has 47 heavy (non-hydrogen) atoms. The van der Waals surface area contributed by atoms with Gasteiger partial charge in [-0.15, -0.1) is 0 Å². The molecule has 3 aromatic rings. The molecule has 11 heteroatoms. The standard InChI is InChI=1S/C36H44ClN5O5/c1-23(2)47-32-17-30-26(15-31(32)46-4)16-34(44)42(36(30)25-7-9-27(37)10-8-25)33-14-13-29(18-38-33)39(3)19-24-5-11-28(12-6-24)40-20-35(45)41(21-40)22-43/h7-10,13-15,17-18,23-24,28,36,43H,5-6,11-12,16,19-22H2,1-4H3/t24?,28?,36-/m0/s1. The monoisotopic (exact) mass is 661 g/mol. The van der Waals surface area contributed by atoms with Gasteiger partial charge in [-0.1, -0.05) is 23.7 Å². The van der Waals surface area contributed by atoms with E-state index < -0.39 is 6.04 Å². The van der Waals surface area contributed by atoms with Gasteiger partial charge in [0.05, 0.1) is 50.8 Å². The van der Waals surface area contributed by atoms with E-state index in [1.807, 2.05) is 68.6 Å². The largest absolute Gasteiger partial charge is 0.493 e. The van der Waals surface area contributed by atoms with Gasteiger partial charge in [-0.25, -0.2) is 4.98 Å². The van der Waals surface area contributed by atoms with Crippen molar-refractivity contribution >= 4 is 34.9 Å². The lowest BCUT2D eigenvalue weighted by atomic mass is 9.85. The van der Waals surface area contributed by atoms with Gasteiger partial charge in [0.15, 0.2) is 11.5 Å². The van der Waals surface area contributed by atoms with Crippen molar-refractivity contribution in [2.45, 2.75) is 64.1 Å². The summed E-state index contributed by atoms with van der Waals surface area (Å²) in [5.74, 6) is 2.31. The van der Waals surface area contributed by atoms with E-state index in [9.17, 15) is 14.7 Å². The van der Waals surface area contributed by atoms with Crippen LogP contribution in [0.3, 0.4) is 0 Å². The topological polar surface area (TPSA) is 98.7 Å².